The van der Waals surface area contributed by atoms with E-state index >= 15 is 0 Å². The first kappa shape index (κ1) is 12.9. The Hall–Kier alpha value is -1.18. The topological polar surface area (TPSA) is 32.3 Å². The van der Waals surface area contributed by atoms with Gasteiger partial charge in [-0.3, -0.25) is 0 Å². The third-order valence-corrected chi connectivity index (χ3v) is 2.84. The van der Waals surface area contributed by atoms with Crippen LogP contribution in [0.4, 0.5) is 5.69 Å². The lowest BCUT2D eigenvalue weighted by molar-refractivity contribution is 0.475. The molecule has 0 bridgehead atoms. The van der Waals surface area contributed by atoms with Crippen LogP contribution in [0.3, 0.4) is 0 Å². The molecule has 2 N–H and O–H groups in total. The summed E-state index contributed by atoms with van der Waals surface area (Å²) in [7, 11) is 0. The molecule has 90 valence electrons. The average molecular weight is 221 g/mol. The van der Waals surface area contributed by atoms with E-state index in [0.717, 1.165) is 11.3 Å². The van der Waals surface area contributed by atoms with Crippen LogP contribution >= 0.6 is 0 Å². The number of hydrogen-bond acceptors (Lipinski definition) is 2. The molecular formula is C14H23NO. The number of phenols is 1. The van der Waals surface area contributed by atoms with Crippen LogP contribution in [0.2, 0.25) is 0 Å². The van der Waals surface area contributed by atoms with Crippen molar-refractivity contribution in [2.45, 2.75) is 52.5 Å². The van der Waals surface area contributed by atoms with E-state index < -0.39 is 0 Å². The molecule has 2 nitrogen and oxygen atoms in total. The summed E-state index contributed by atoms with van der Waals surface area (Å²) in [5, 5.41) is 12.9. The number of aromatic hydroxyl groups is 1. The Morgan fingerprint density at radius 2 is 1.81 bits per heavy atom. The number of aryl methyl sites for hydroxylation is 1. The van der Waals surface area contributed by atoms with Crippen molar-refractivity contribution in [2.75, 3.05) is 5.32 Å². The molecule has 0 aliphatic heterocycles. The summed E-state index contributed by atoms with van der Waals surface area (Å²) in [5.41, 5.74) is 2.25. The van der Waals surface area contributed by atoms with Crippen LogP contribution in [0, 0.1) is 6.92 Å². The quantitative estimate of drug-likeness (QED) is 0.709. The van der Waals surface area contributed by atoms with Gasteiger partial charge >= 0.3 is 0 Å². The van der Waals surface area contributed by atoms with Crippen LogP contribution in [0.25, 0.3) is 0 Å². The third-order valence-electron chi connectivity index (χ3n) is 2.84. The van der Waals surface area contributed by atoms with Crippen molar-refractivity contribution < 1.29 is 5.11 Å². The lowest BCUT2D eigenvalue weighted by Gasteiger charge is -2.20. The van der Waals surface area contributed by atoms with Gasteiger partial charge in [0, 0.05) is 11.7 Å². The molecule has 16 heavy (non-hydrogen) atoms. The number of rotatable bonds is 6. The van der Waals surface area contributed by atoms with Crippen LogP contribution in [0.15, 0.2) is 18.2 Å². The van der Waals surface area contributed by atoms with E-state index in [1.165, 1.54) is 25.7 Å². The molecule has 0 aliphatic carbocycles. The normalized spacial score (nSPS) is 10.8. The van der Waals surface area contributed by atoms with Crippen LogP contribution in [0.5, 0.6) is 5.75 Å². The molecular weight excluding hydrogens is 198 g/mol. The standard InChI is InChI=1S/C14H23NO/c1-4-6-12(7-5-2)15-14-9-8-13(16)10-11(14)3/h8-10,12,15-16H,4-7H2,1-3H3. The van der Waals surface area contributed by atoms with Crippen LogP contribution in [-0.4, -0.2) is 11.1 Å². The van der Waals surface area contributed by atoms with Gasteiger partial charge in [-0.2, -0.15) is 0 Å². The molecule has 0 radical (unpaired) electrons. The zero-order valence-electron chi connectivity index (χ0n) is 10.6. The highest BCUT2D eigenvalue weighted by molar-refractivity contribution is 5.53. The smallest absolute Gasteiger partial charge is 0.115 e. The number of anilines is 1. The highest BCUT2D eigenvalue weighted by Gasteiger charge is 2.07. The monoisotopic (exact) mass is 221 g/mol. The molecule has 1 rings (SSSR count). The maximum Gasteiger partial charge on any atom is 0.115 e. The molecule has 1 aromatic carbocycles. The largest absolute Gasteiger partial charge is 0.508 e. The molecule has 0 amide bonds. The average Bonchev–Trinajstić information content (AvgIpc) is 2.23. The first-order chi connectivity index (χ1) is 7.67. The van der Waals surface area contributed by atoms with Crippen molar-refractivity contribution in [1.82, 2.24) is 0 Å². The van der Waals surface area contributed by atoms with Gasteiger partial charge in [0.15, 0.2) is 0 Å². The lowest BCUT2D eigenvalue weighted by Crippen LogP contribution is -2.19. The second-order valence-electron chi connectivity index (χ2n) is 4.42. The fourth-order valence-corrected chi connectivity index (χ4v) is 2.02. The van der Waals surface area contributed by atoms with Crippen molar-refractivity contribution >= 4 is 5.69 Å². The molecule has 1 aromatic rings. The summed E-state index contributed by atoms with van der Waals surface area (Å²) < 4.78 is 0. The van der Waals surface area contributed by atoms with Gasteiger partial charge in [0.2, 0.25) is 0 Å². The molecule has 0 saturated carbocycles. The Labute approximate surface area is 98.7 Å². The van der Waals surface area contributed by atoms with E-state index in [-0.39, 0.29) is 0 Å². The molecule has 0 aromatic heterocycles. The minimum absolute atomic E-state index is 0.339. The van der Waals surface area contributed by atoms with Gasteiger partial charge in [0.1, 0.15) is 5.75 Å². The lowest BCUT2D eigenvalue weighted by atomic mass is 10.1. The zero-order chi connectivity index (χ0) is 12.0. The van der Waals surface area contributed by atoms with Crippen LogP contribution in [-0.2, 0) is 0 Å². The molecule has 0 fully saturated rings. The predicted molar refractivity (Wildman–Crippen MR) is 70.1 cm³/mol. The third kappa shape index (κ3) is 3.76. The van der Waals surface area contributed by atoms with Crippen molar-refractivity contribution in [2.24, 2.45) is 0 Å². The highest BCUT2D eigenvalue weighted by atomic mass is 16.3. The van der Waals surface area contributed by atoms with Crippen LogP contribution < -0.4 is 5.32 Å². The Balaban J connectivity index is 2.68. The van der Waals surface area contributed by atoms with E-state index in [0.29, 0.717) is 11.8 Å². The molecule has 0 unspecified atom stereocenters. The zero-order valence-corrected chi connectivity index (χ0v) is 10.6. The van der Waals surface area contributed by atoms with E-state index in [4.69, 9.17) is 0 Å². The molecule has 0 aliphatic rings. The fourth-order valence-electron chi connectivity index (χ4n) is 2.02. The van der Waals surface area contributed by atoms with Crippen molar-refractivity contribution in [3.8, 4) is 5.75 Å². The summed E-state index contributed by atoms with van der Waals surface area (Å²) in [6.45, 7) is 6.46. The number of phenolic OH excluding ortho intramolecular Hbond substituents is 1. The summed E-state index contributed by atoms with van der Waals surface area (Å²) in [6.07, 6.45) is 4.81. The second-order valence-corrected chi connectivity index (χ2v) is 4.42. The molecule has 2 heteroatoms. The first-order valence-corrected chi connectivity index (χ1v) is 6.23. The van der Waals surface area contributed by atoms with Gasteiger partial charge in [0.05, 0.1) is 0 Å². The summed E-state index contributed by atoms with van der Waals surface area (Å²) in [6, 6.07) is 6.06. The van der Waals surface area contributed by atoms with Gasteiger partial charge in [-0.15, -0.1) is 0 Å². The van der Waals surface area contributed by atoms with Gasteiger partial charge in [-0.1, -0.05) is 26.7 Å². The first-order valence-electron chi connectivity index (χ1n) is 6.23. The number of benzene rings is 1. The minimum Gasteiger partial charge on any atom is -0.508 e. The van der Waals surface area contributed by atoms with Gasteiger partial charge in [-0.25, -0.2) is 0 Å². The summed E-state index contributed by atoms with van der Waals surface area (Å²) in [5.74, 6) is 0.339. The Morgan fingerprint density at radius 1 is 1.19 bits per heavy atom. The van der Waals surface area contributed by atoms with Crippen molar-refractivity contribution in [3.05, 3.63) is 23.8 Å². The van der Waals surface area contributed by atoms with E-state index in [9.17, 15) is 5.11 Å². The van der Waals surface area contributed by atoms with E-state index in [1.54, 1.807) is 12.1 Å². The summed E-state index contributed by atoms with van der Waals surface area (Å²) >= 11 is 0. The maximum atomic E-state index is 9.35. The van der Waals surface area contributed by atoms with Gasteiger partial charge in [0.25, 0.3) is 0 Å². The molecule has 0 saturated heterocycles. The Morgan fingerprint density at radius 3 is 2.31 bits per heavy atom. The molecule has 0 spiro atoms. The Bertz CT molecular complexity index is 317. The summed E-state index contributed by atoms with van der Waals surface area (Å²) in [4.78, 5) is 0. The Kier molecular flexibility index (Phi) is 5.17. The van der Waals surface area contributed by atoms with Crippen molar-refractivity contribution in [3.63, 3.8) is 0 Å². The minimum atomic E-state index is 0.339. The molecule has 0 heterocycles. The maximum absolute atomic E-state index is 9.35. The SMILES string of the molecule is CCCC(CCC)Nc1ccc(O)cc1C. The highest BCUT2D eigenvalue weighted by Crippen LogP contribution is 2.22. The van der Waals surface area contributed by atoms with E-state index in [2.05, 4.69) is 19.2 Å². The van der Waals surface area contributed by atoms with Crippen LogP contribution in [0.1, 0.15) is 45.1 Å². The van der Waals surface area contributed by atoms with E-state index in [1.807, 2.05) is 13.0 Å². The second kappa shape index (κ2) is 6.41. The van der Waals surface area contributed by atoms with Gasteiger partial charge in [-0.05, 0) is 43.5 Å². The number of nitrogens with one attached hydrogen (secondary N) is 1. The predicted octanol–water partition coefficient (Wildman–Crippen LogP) is 4.08. The molecule has 0 atom stereocenters. The van der Waals surface area contributed by atoms with Gasteiger partial charge < -0.3 is 10.4 Å². The van der Waals surface area contributed by atoms with Crippen molar-refractivity contribution in [1.29, 1.82) is 0 Å². The fraction of sp³-hybridized carbons (Fsp3) is 0.571. The number of hydrogen-bond donors (Lipinski definition) is 2.